The molecule has 0 aromatic carbocycles. The van der Waals surface area contributed by atoms with Gasteiger partial charge in [0.15, 0.2) is 0 Å². The summed E-state index contributed by atoms with van der Waals surface area (Å²) in [6, 6.07) is 0. The molecule has 1 saturated carbocycles. The van der Waals surface area contributed by atoms with Gasteiger partial charge in [-0.2, -0.15) is 0 Å². The van der Waals surface area contributed by atoms with Gasteiger partial charge in [0.1, 0.15) is 6.54 Å². The molecule has 0 bridgehead atoms. The van der Waals surface area contributed by atoms with Gasteiger partial charge in [-0.05, 0) is 31.6 Å². The third-order valence-corrected chi connectivity index (χ3v) is 3.25. The van der Waals surface area contributed by atoms with E-state index in [1.807, 2.05) is 0 Å². The van der Waals surface area contributed by atoms with Crippen LogP contribution < -0.4 is 10.6 Å². The lowest BCUT2D eigenvalue weighted by atomic mass is 9.82. The van der Waals surface area contributed by atoms with Crippen LogP contribution in [0.1, 0.15) is 32.6 Å². The Bertz CT molecular complexity index is 322. The Morgan fingerprint density at radius 1 is 1.06 bits per heavy atom. The van der Waals surface area contributed by atoms with Crippen LogP contribution in [-0.2, 0) is 14.4 Å². The van der Waals surface area contributed by atoms with E-state index in [-0.39, 0.29) is 18.4 Å². The SMILES string of the molecule is CC1CCC(C(=O)NCC(=O)NCC(=O)O)CC1. The van der Waals surface area contributed by atoms with Crippen molar-refractivity contribution in [2.75, 3.05) is 13.1 Å². The summed E-state index contributed by atoms with van der Waals surface area (Å²) in [5, 5.41) is 13.1. The lowest BCUT2D eigenvalue weighted by Gasteiger charge is -2.25. The maximum atomic E-state index is 11.7. The second-order valence-electron chi connectivity index (χ2n) is 4.85. The van der Waals surface area contributed by atoms with Crippen molar-refractivity contribution >= 4 is 17.8 Å². The summed E-state index contributed by atoms with van der Waals surface area (Å²) in [5.74, 6) is -1.01. The molecule has 1 aliphatic rings. The normalized spacial score (nSPS) is 23.2. The Labute approximate surface area is 106 Å². The molecular weight excluding hydrogens is 236 g/mol. The molecule has 0 heterocycles. The highest BCUT2D eigenvalue weighted by Gasteiger charge is 2.24. The number of carboxylic acid groups (broad SMARTS) is 1. The van der Waals surface area contributed by atoms with E-state index in [1.165, 1.54) is 0 Å². The molecule has 0 spiro atoms. The van der Waals surface area contributed by atoms with Crippen LogP contribution in [-0.4, -0.2) is 36.0 Å². The van der Waals surface area contributed by atoms with Gasteiger partial charge in [-0.15, -0.1) is 0 Å². The average Bonchev–Trinajstić information content (AvgIpc) is 2.34. The zero-order valence-corrected chi connectivity index (χ0v) is 10.6. The lowest BCUT2D eigenvalue weighted by Crippen LogP contribution is -2.41. The van der Waals surface area contributed by atoms with Crippen LogP contribution in [0.4, 0.5) is 0 Å². The number of hydrogen-bond acceptors (Lipinski definition) is 3. The van der Waals surface area contributed by atoms with Gasteiger partial charge in [0.25, 0.3) is 0 Å². The van der Waals surface area contributed by atoms with Crippen molar-refractivity contribution in [3.8, 4) is 0 Å². The van der Waals surface area contributed by atoms with Gasteiger partial charge < -0.3 is 15.7 Å². The first-order chi connectivity index (χ1) is 8.49. The van der Waals surface area contributed by atoms with Crippen LogP contribution in [0.15, 0.2) is 0 Å². The molecule has 3 N–H and O–H groups in total. The molecule has 0 radical (unpaired) electrons. The second kappa shape index (κ2) is 6.98. The standard InChI is InChI=1S/C12H20N2O4/c1-8-2-4-9(5-3-8)12(18)14-6-10(15)13-7-11(16)17/h8-9H,2-7H2,1H3,(H,13,15)(H,14,18)(H,16,17). The van der Waals surface area contributed by atoms with Gasteiger partial charge in [-0.25, -0.2) is 0 Å². The summed E-state index contributed by atoms with van der Waals surface area (Å²) in [5.41, 5.74) is 0. The molecule has 0 unspecified atom stereocenters. The van der Waals surface area contributed by atoms with Gasteiger partial charge in [0, 0.05) is 5.92 Å². The fourth-order valence-electron chi connectivity index (χ4n) is 2.07. The Hall–Kier alpha value is -1.59. The van der Waals surface area contributed by atoms with Crippen molar-refractivity contribution in [2.24, 2.45) is 11.8 Å². The summed E-state index contributed by atoms with van der Waals surface area (Å²) in [6.07, 6.45) is 3.82. The quantitative estimate of drug-likeness (QED) is 0.651. The smallest absolute Gasteiger partial charge is 0.322 e. The van der Waals surface area contributed by atoms with E-state index in [2.05, 4.69) is 17.6 Å². The number of carbonyl (C=O) groups excluding carboxylic acids is 2. The zero-order valence-electron chi connectivity index (χ0n) is 10.6. The van der Waals surface area contributed by atoms with E-state index in [0.29, 0.717) is 5.92 Å². The fourth-order valence-corrected chi connectivity index (χ4v) is 2.07. The van der Waals surface area contributed by atoms with E-state index >= 15 is 0 Å². The van der Waals surface area contributed by atoms with Crippen LogP contribution in [0.2, 0.25) is 0 Å². The first-order valence-electron chi connectivity index (χ1n) is 6.25. The predicted octanol–water partition coefficient (Wildman–Crippen LogP) is 0.130. The van der Waals surface area contributed by atoms with Crippen LogP contribution in [0, 0.1) is 11.8 Å². The monoisotopic (exact) mass is 256 g/mol. The number of nitrogens with one attached hydrogen (secondary N) is 2. The fraction of sp³-hybridized carbons (Fsp3) is 0.750. The summed E-state index contributed by atoms with van der Waals surface area (Å²) in [7, 11) is 0. The minimum atomic E-state index is -1.10. The molecule has 1 rings (SSSR count). The Morgan fingerprint density at radius 3 is 2.22 bits per heavy atom. The highest BCUT2D eigenvalue weighted by Crippen LogP contribution is 2.28. The topological polar surface area (TPSA) is 95.5 Å². The second-order valence-corrected chi connectivity index (χ2v) is 4.85. The molecule has 102 valence electrons. The van der Waals surface area contributed by atoms with E-state index in [9.17, 15) is 14.4 Å². The molecule has 1 fully saturated rings. The number of rotatable bonds is 5. The molecule has 18 heavy (non-hydrogen) atoms. The van der Waals surface area contributed by atoms with Crippen molar-refractivity contribution in [2.45, 2.75) is 32.6 Å². The number of amides is 2. The molecule has 6 nitrogen and oxygen atoms in total. The summed E-state index contributed by atoms with van der Waals surface area (Å²) < 4.78 is 0. The molecule has 0 atom stereocenters. The highest BCUT2D eigenvalue weighted by molar-refractivity contribution is 5.87. The summed E-state index contributed by atoms with van der Waals surface area (Å²) in [6.45, 7) is 1.60. The number of carbonyl (C=O) groups is 3. The number of carboxylic acids is 1. The first-order valence-corrected chi connectivity index (χ1v) is 6.25. The van der Waals surface area contributed by atoms with Gasteiger partial charge in [0.05, 0.1) is 6.54 Å². The van der Waals surface area contributed by atoms with E-state index in [0.717, 1.165) is 25.7 Å². The van der Waals surface area contributed by atoms with Crippen LogP contribution in [0.25, 0.3) is 0 Å². The molecule has 6 heteroatoms. The third-order valence-electron chi connectivity index (χ3n) is 3.25. The van der Waals surface area contributed by atoms with Crippen molar-refractivity contribution in [1.29, 1.82) is 0 Å². The van der Waals surface area contributed by atoms with Gasteiger partial charge in [-0.1, -0.05) is 6.92 Å². The number of hydrogen-bond donors (Lipinski definition) is 3. The van der Waals surface area contributed by atoms with Gasteiger partial charge in [-0.3, -0.25) is 14.4 Å². The maximum absolute atomic E-state index is 11.7. The lowest BCUT2D eigenvalue weighted by molar-refractivity contribution is -0.137. The van der Waals surface area contributed by atoms with Gasteiger partial charge >= 0.3 is 5.97 Å². The molecule has 0 aliphatic heterocycles. The molecule has 0 aromatic rings. The Kier molecular flexibility index (Phi) is 5.61. The largest absolute Gasteiger partial charge is 0.480 e. The molecular formula is C12H20N2O4. The first kappa shape index (κ1) is 14.5. The van der Waals surface area contributed by atoms with Crippen molar-refractivity contribution in [3.05, 3.63) is 0 Å². The van der Waals surface area contributed by atoms with E-state index in [4.69, 9.17) is 5.11 Å². The minimum Gasteiger partial charge on any atom is -0.480 e. The Balaban J connectivity index is 2.20. The van der Waals surface area contributed by atoms with Crippen molar-refractivity contribution in [3.63, 3.8) is 0 Å². The molecule has 0 aromatic heterocycles. The summed E-state index contributed by atoms with van der Waals surface area (Å²) in [4.78, 5) is 33.2. The average molecular weight is 256 g/mol. The predicted molar refractivity (Wildman–Crippen MR) is 64.8 cm³/mol. The molecule has 0 saturated heterocycles. The van der Waals surface area contributed by atoms with Crippen LogP contribution in [0.5, 0.6) is 0 Å². The highest BCUT2D eigenvalue weighted by atomic mass is 16.4. The summed E-state index contributed by atoms with van der Waals surface area (Å²) >= 11 is 0. The van der Waals surface area contributed by atoms with Gasteiger partial charge in [0.2, 0.25) is 11.8 Å². The van der Waals surface area contributed by atoms with Crippen molar-refractivity contribution in [1.82, 2.24) is 10.6 Å². The third kappa shape index (κ3) is 5.16. The zero-order chi connectivity index (χ0) is 13.5. The number of aliphatic carboxylic acids is 1. The molecule has 1 aliphatic carbocycles. The maximum Gasteiger partial charge on any atom is 0.322 e. The van der Waals surface area contributed by atoms with E-state index < -0.39 is 18.4 Å². The van der Waals surface area contributed by atoms with Crippen LogP contribution in [0.3, 0.4) is 0 Å². The van der Waals surface area contributed by atoms with E-state index in [1.54, 1.807) is 0 Å². The minimum absolute atomic E-state index is 0.00604. The Morgan fingerprint density at radius 2 is 1.67 bits per heavy atom. The molecule has 2 amide bonds. The van der Waals surface area contributed by atoms with Crippen molar-refractivity contribution < 1.29 is 19.5 Å². The van der Waals surface area contributed by atoms with Crippen LogP contribution >= 0.6 is 0 Å².